The Labute approximate surface area is 136 Å². The van der Waals surface area contributed by atoms with Crippen LogP contribution in [0, 0.1) is 0 Å². The first-order chi connectivity index (χ1) is 11.0. The summed E-state index contributed by atoms with van der Waals surface area (Å²) in [6, 6.07) is 8.66. The van der Waals surface area contributed by atoms with Crippen molar-refractivity contribution in [3.05, 3.63) is 47.8 Å². The van der Waals surface area contributed by atoms with E-state index in [4.69, 9.17) is 0 Å². The fourth-order valence-corrected chi connectivity index (χ4v) is 2.43. The summed E-state index contributed by atoms with van der Waals surface area (Å²) in [5.41, 5.74) is 3.42. The third-order valence-electron chi connectivity index (χ3n) is 3.83. The molecule has 0 amide bonds. The zero-order chi connectivity index (χ0) is 16.4. The molecule has 2 heterocycles. The van der Waals surface area contributed by atoms with Crippen LogP contribution in [-0.4, -0.2) is 26.6 Å². The van der Waals surface area contributed by atoms with Gasteiger partial charge in [0, 0.05) is 26.0 Å². The molecule has 2 N–H and O–H groups in total. The lowest BCUT2D eigenvalue weighted by Crippen LogP contribution is -2.11. The summed E-state index contributed by atoms with van der Waals surface area (Å²) in [5, 5.41) is 14.6. The maximum atomic E-state index is 4.36. The van der Waals surface area contributed by atoms with Crippen molar-refractivity contribution in [2.24, 2.45) is 0 Å². The molecule has 0 fully saturated rings. The van der Waals surface area contributed by atoms with Crippen LogP contribution in [0.4, 0.5) is 11.8 Å². The number of rotatable bonds is 4. The first-order valence-electron chi connectivity index (χ1n) is 7.70. The first kappa shape index (κ1) is 15.3. The number of anilines is 2. The van der Waals surface area contributed by atoms with Gasteiger partial charge >= 0.3 is 0 Å². The number of benzene rings is 1. The molecule has 6 nitrogen and oxygen atoms in total. The van der Waals surface area contributed by atoms with Crippen LogP contribution >= 0.6 is 0 Å². The standard InChI is InChI=1S/C17H22N6/c1-17(2,3)13-7-5-12(6-8-13)11-20-14-15-21-22-16(18-4)23(15)10-9-19-14/h5-10H,11H2,1-4H3,(H,18,22)(H,19,20). The molecule has 2 aromatic heterocycles. The summed E-state index contributed by atoms with van der Waals surface area (Å²) in [5.74, 6) is 1.42. The predicted molar refractivity (Wildman–Crippen MR) is 92.8 cm³/mol. The molecule has 0 unspecified atom stereocenters. The van der Waals surface area contributed by atoms with Gasteiger partial charge in [-0.25, -0.2) is 4.98 Å². The third kappa shape index (κ3) is 3.11. The third-order valence-corrected chi connectivity index (χ3v) is 3.83. The summed E-state index contributed by atoms with van der Waals surface area (Å²) < 4.78 is 1.87. The van der Waals surface area contributed by atoms with Gasteiger partial charge in [-0.2, -0.15) is 0 Å². The van der Waals surface area contributed by atoms with Crippen LogP contribution in [0.2, 0.25) is 0 Å². The smallest absolute Gasteiger partial charge is 0.228 e. The van der Waals surface area contributed by atoms with Crippen LogP contribution in [0.25, 0.3) is 5.65 Å². The number of fused-ring (bicyclic) bond motifs is 1. The van der Waals surface area contributed by atoms with Gasteiger partial charge in [0.05, 0.1) is 0 Å². The van der Waals surface area contributed by atoms with Gasteiger partial charge in [0.1, 0.15) is 0 Å². The van der Waals surface area contributed by atoms with Crippen molar-refractivity contribution in [1.82, 2.24) is 19.6 Å². The number of nitrogens with one attached hydrogen (secondary N) is 2. The molecule has 3 rings (SSSR count). The minimum absolute atomic E-state index is 0.171. The zero-order valence-corrected chi connectivity index (χ0v) is 14.0. The van der Waals surface area contributed by atoms with Crippen molar-refractivity contribution < 1.29 is 0 Å². The number of aromatic nitrogens is 4. The van der Waals surface area contributed by atoms with Crippen LogP contribution in [0.15, 0.2) is 36.7 Å². The van der Waals surface area contributed by atoms with Crippen molar-refractivity contribution in [3.63, 3.8) is 0 Å². The Hall–Kier alpha value is -2.63. The Morgan fingerprint density at radius 2 is 1.83 bits per heavy atom. The van der Waals surface area contributed by atoms with Gasteiger partial charge < -0.3 is 10.6 Å². The van der Waals surface area contributed by atoms with Crippen molar-refractivity contribution in [1.29, 1.82) is 0 Å². The second kappa shape index (κ2) is 5.87. The minimum atomic E-state index is 0.171. The normalized spacial score (nSPS) is 11.7. The molecule has 0 spiro atoms. The maximum absolute atomic E-state index is 4.36. The van der Waals surface area contributed by atoms with E-state index in [1.54, 1.807) is 6.20 Å². The van der Waals surface area contributed by atoms with E-state index in [1.165, 1.54) is 11.1 Å². The van der Waals surface area contributed by atoms with Gasteiger partial charge in [0.2, 0.25) is 11.6 Å². The lowest BCUT2D eigenvalue weighted by atomic mass is 9.87. The zero-order valence-electron chi connectivity index (χ0n) is 14.0. The van der Waals surface area contributed by atoms with Gasteiger partial charge in [-0.3, -0.25) is 4.40 Å². The van der Waals surface area contributed by atoms with Crippen LogP contribution in [0.1, 0.15) is 31.9 Å². The lowest BCUT2D eigenvalue weighted by molar-refractivity contribution is 0.590. The molecule has 0 radical (unpaired) electrons. The Balaban J connectivity index is 1.77. The Bertz CT molecular complexity index is 798. The minimum Gasteiger partial charge on any atom is -0.363 e. The molecule has 23 heavy (non-hydrogen) atoms. The first-order valence-corrected chi connectivity index (χ1v) is 7.70. The number of hydrogen-bond donors (Lipinski definition) is 2. The fourth-order valence-electron chi connectivity index (χ4n) is 2.43. The molecule has 6 heteroatoms. The summed E-state index contributed by atoms with van der Waals surface area (Å²) in [4.78, 5) is 4.36. The molecule has 0 aliphatic heterocycles. The quantitative estimate of drug-likeness (QED) is 0.775. The summed E-state index contributed by atoms with van der Waals surface area (Å²) >= 11 is 0. The fraction of sp³-hybridized carbons (Fsp3) is 0.353. The average molecular weight is 310 g/mol. The molecule has 1 aromatic carbocycles. The van der Waals surface area contributed by atoms with Crippen LogP contribution in [0.3, 0.4) is 0 Å². The number of nitrogens with zero attached hydrogens (tertiary/aromatic N) is 4. The highest BCUT2D eigenvalue weighted by Gasteiger charge is 2.13. The van der Waals surface area contributed by atoms with Crippen molar-refractivity contribution in [2.45, 2.75) is 32.7 Å². The van der Waals surface area contributed by atoms with E-state index in [0.717, 1.165) is 5.82 Å². The van der Waals surface area contributed by atoms with Crippen LogP contribution in [0.5, 0.6) is 0 Å². The topological polar surface area (TPSA) is 67.1 Å². The molecule has 0 atom stereocenters. The SMILES string of the molecule is CNc1nnc2c(NCc3ccc(C(C)(C)C)cc3)nccn12. The van der Waals surface area contributed by atoms with E-state index in [-0.39, 0.29) is 5.41 Å². The molecule has 0 aliphatic carbocycles. The average Bonchev–Trinajstić information content (AvgIpc) is 2.96. The molecule has 120 valence electrons. The molecule has 3 aromatic rings. The van der Waals surface area contributed by atoms with Gasteiger partial charge in [0.25, 0.3) is 0 Å². The summed E-state index contributed by atoms with van der Waals surface area (Å²) in [6.45, 7) is 7.35. The monoisotopic (exact) mass is 310 g/mol. The van der Waals surface area contributed by atoms with E-state index in [0.29, 0.717) is 18.1 Å². The number of hydrogen-bond acceptors (Lipinski definition) is 5. The molecular formula is C17H22N6. The van der Waals surface area contributed by atoms with Crippen LogP contribution < -0.4 is 10.6 Å². The Kier molecular flexibility index (Phi) is 3.90. The highest BCUT2D eigenvalue weighted by atomic mass is 15.3. The van der Waals surface area contributed by atoms with Gasteiger partial charge in [-0.15, -0.1) is 10.2 Å². The van der Waals surface area contributed by atoms with Crippen molar-refractivity contribution >= 4 is 17.4 Å². The molecule has 0 bridgehead atoms. The lowest BCUT2D eigenvalue weighted by Gasteiger charge is -2.19. The van der Waals surface area contributed by atoms with E-state index < -0.39 is 0 Å². The van der Waals surface area contributed by atoms with Crippen molar-refractivity contribution in [2.75, 3.05) is 17.7 Å². The van der Waals surface area contributed by atoms with Crippen LogP contribution in [-0.2, 0) is 12.0 Å². The Morgan fingerprint density at radius 1 is 1.09 bits per heavy atom. The highest BCUT2D eigenvalue weighted by molar-refractivity contribution is 5.64. The highest BCUT2D eigenvalue weighted by Crippen LogP contribution is 2.22. The van der Waals surface area contributed by atoms with Crippen molar-refractivity contribution in [3.8, 4) is 0 Å². The van der Waals surface area contributed by atoms with E-state index in [1.807, 2.05) is 17.6 Å². The second-order valence-corrected chi connectivity index (χ2v) is 6.54. The largest absolute Gasteiger partial charge is 0.363 e. The molecule has 0 aliphatic rings. The van der Waals surface area contributed by atoms with Gasteiger partial charge in [-0.1, -0.05) is 45.0 Å². The second-order valence-electron chi connectivity index (χ2n) is 6.54. The van der Waals surface area contributed by atoms with E-state index in [9.17, 15) is 0 Å². The maximum Gasteiger partial charge on any atom is 0.228 e. The summed E-state index contributed by atoms with van der Waals surface area (Å²) in [6.07, 6.45) is 3.58. The molecular weight excluding hydrogens is 288 g/mol. The summed E-state index contributed by atoms with van der Waals surface area (Å²) in [7, 11) is 1.82. The Morgan fingerprint density at radius 3 is 2.48 bits per heavy atom. The van der Waals surface area contributed by atoms with E-state index >= 15 is 0 Å². The molecule has 0 saturated heterocycles. The molecule has 0 saturated carbocycles. The van der Waals surface area contributed by atoms with Gasteiger partial charge in [-0.05, 0) is 16.5 Å². The van der Waals surface area contributed by atoms with Gasteiger partial charge in [0.15, 0.2) is 5.82 Å². The predicted octanol–water partition coefficient (Wildman–Crippen LogP) is 3.08. The van der Waals surface area contributed by atoms with E-state index in [2.05, 4.69) is 70.9 Å².